The first kappa shape index (κ1) is 47.1. The zero-order valence-electron chi connectivity index (χ0n) is 39.0. The monoisotopic (exact) mass is 974 g/mol. The number of methoxy groups -OCH3 is 2. The first-order valence-electron chi connectivity index (χ1n) is 23.1. The minimum atomic E-state index is -1.48. The fourth-order valence-electron chi connectivity index (χ4n) is 13.0. The van der Waals surface area contributed by atoms with E-state index in [1.54, 1.807) is 24.3 Å². The van der Waals surface area contributed by atoms with Gasteiger partial charge in [0.15, 0.2) is 35.2 Å². The number of amides is 2. The van der Waals surface area contributed by atoms with Crippen LogP contribution in [0.2, 0.25) is 0 Å². The van der Waals surface area contributed by atoms with Gasteiger partial charge in [-0.05, 0) is 88.3 Å². The molecule has 0 unspecified atom stereocenters. The van der Waals surface area contributed by atoms with Gasteiger partial charge in [-0.25, -0.2) is 19.2 Å². The van der Waals surface area contributed by atoms with Crippen molar-refractivity contribution < 1.29 is 87.1 Å². The standard InChI is InChI=1S/C48H54N4O18/c1-49-15-13-45-37-25-5-7-27(63-3)39(37)69-41(45)29(9-11-47(45,61)31(49)19-25)67-35(57)23-51(21-33(53)54)43(59)65-17-18-66-44(60)52(22-34(55)56)24-36(58)68-30-10-12-48(62)32-20-26-6-8-28(64-4)40-38(26)46(48,42(30)70-40)14-16-50(32)2/h5-10,31-32,41-42,61-62H,11-24H2,1-4H3,(H,53,54)(H,55,56)/t31-,32-,41-,42-,45-,46-,47+,48+/m0/s1. The van der Waals surface area contributed by atoms with Crippen LogP contribution in [-0.2, 0) is 61.8 Å². The molecule has 10 rings (SSSR count). The van der Waals surface area contributed by atoms with Crippen LogP contribution in [0.3, 0.4) is 0 Å². The summed E-state index contributed by atoms with van der Waals surface area (Å²) in [6.07, 6.45) is 1.02. The molecule has 4 N–H and O–H groups in total. The number of carbonyl (C=O) groups excluding carboxylic acids is 4. The third-order valence-corrected chi connectivity index (χ3v) is 15.9. The zero-order chi connectivity index (χ0) is 49.7. The molecule has 4 heterocycles. The number of piperidine rings is 2. The van der Waals surface area contributed by atoms with E-state index >= 15 is 0 Å². The fourth-order valence-corrected chi connectivity index (χ4v) is 13.0. The van der Waals surface area contributed by atoms with Crippen LogP contribution in [0.4, 0.5) is 9.59 Å². The number of nitrogens with zero attached hydrogens (tertiary/aromatic N) is 4. The molecule has 0 aromatic heterocycles. The number of carboxylic acids is 2. The molecule has 2 aromatic rings. The second-order valence-corrected chi connectivity index (χ2v) is 19.2. The molecule has 0 saturated carbocycles. The number of aliphatic hydroxyl groups is 2. The Bertz CT molecular complexity index is 2480. The number of hydrogen-bond donors (Lipinski definition) is 4. The Kier molecular flexibility index (Phi) is 11.5. The lowest BCUT2D eigenvalue weighted by molar-refractivity contribution is -0.169. The fraction of sp³-hybridized carbons (Fsp3) is 0.542. The maximum Gasteiger partial charge on any atom is 0.410 e. The molecule has 70 heavy (non-hydrogen) atoms. The molecular weight excluding hydrogens is 921 g/mol. The molecule has 8 atom stereocenters. The predicted octanol–water partition coefficient (Wildman–Crippen LogP) is 1.09. The first-order valence-corrected chi connectivity index (χ1v) is 23.1. The summed E-state index contributed by atoms with van der Waals surface area (Å²) in [5, 5.41) is 44.2. The van der Waals surface area contributed by atoms with Gasteiger partial charge in [0, 0.05) is 36.1 Å². The van der Waals surface area contributed by atoms with Gasteiger partial charge in [0.1, 0.15) is 50.9 Å². The Balaban J connectivity index is 0.762. The van der Waals surface area contributed by atoms with Gasteiger partial charge in [-0.2, -0.15) is 0 Å². The average molecular weight is 975 g/mol. The molecular formula is C48H54N4O18. The molecule has 2 saturated heterocycles. The second kappa shape index (κ2) is 17.1. The van der Waals surface area contributed by atoms with Gasteiger partial charge in [0.25, 0.3) is 0 Å². The largest absolute Gasteiger partial charge is 0.493 e. The smallest absolute Gasteiger partial charge is 0.410 e. The zero-order valence-corrected chi connectivity index (χ0v) is 39.0. The van der Waals surface area contributed by atoms with Crippen molar-refractivity contribution in [1.82, 2.24) is 19.6 Å². The summed E-state index contributed by atoms with van der Waals surface area (Å²) >= 11 is 0. The van der Waals surface area contributed by atoms with Crippen LogP contribution >= 0.6 is 0 Å². The highest BCUT2D eigenvalue weighted by atomic mass is 16.6. The van der Waals surface area contributed by atoms with Crippen LogP contribution in [0.25, 0.3) is 0 Å². The summed E-state index contributed by atoms with van der Waals surface area (Å²) in [5.41, 5.74) is -0.983. The number of aliphatic carboxylic acids is 2. The van der Waals surface area contributed by atoms with E-state index in [0.717, 1.165) is 22.3 Å². The summed E-state index contributed by atoms with van der Waals surface area (Å²) in [7, 11) is 6.91. The van der Waals surface area contributed by atoms with E-state index in [9.17, 15) is 49.2 Å². The molecule has 2 spiro atoms. The minimum Gasteiger partial charge on any atom is -0.493 e. The van der Waals surface area contributed by atoms with Crippen molar-refractivity contribution in [1.29, 1.82) is 0 Å². The number of ether oxygens (including phenoxy) is 8. The minimum absolute atomic E-state index is 0.0909. The molecule has 2 fully saturated rings. The van der Waals surface area contributed by atoms with Gasteiger partial charge >= 0.3 is 36.1 Å². The number of likely N-dealkylation sites (N-methyl/N-ethyl adjacent to an activating group) is 2. The van der Waals surface area contributed by atoms with Crippen LogP contribution in [0.5, 0.6) is 23.0 Å². The van der Waals surface area contributed by atoms with Gasteiger partial charge in [-0.3, -0.25) is 19.4 Å². The molecule has 374 valence electrons. The highest BCUT2D eigenvalue weighted by Gasteiger charge is 2.73. The SMILES string of the molecule is COc1ccc2c3c1O[C@H]1C(OC(=O)CN(CC(=O)O)C(=O)OCCOC(=O)N(CC(=O)O)CC(=O)OC4=CC[C@@]5(O)[C@@H]6Cc7ccc(OC)c8c7[C@@]5(CCN6C)[C@H]4O8)=CC[C@@]4(O)[C@H](C2)N(C)CC[C@]314. The number of rotatable bonds is 15. The lowest BCUT2D eigenvalue weighted by Crippen LogP contribution is -2.74. The lowest BCUT2D eigenvalue weighted by atomic mass is 9.50. The van der Waals surface area contributed by atoms with E-state index in [1.165, 1.54) is 14.2 Å². The Labute approximate surface area is 400 Å². The number of carboxylic acid groups (broad SMARTS) is 2. The summed E-state index contributed by atoms with van der Waals surface area (Å²) in [5.74, 6) is -3.03. The van der Waals surface area contributed by atoms with Crippen LogP contribution in [0.1, 0.15) is 47.9 Å². The number of carbonyl (C=O) groups is 6. The molecule has 4 aliphatic carbocycles. The van der Waals surface area contributed by atoms with Gasteiger partial charge in [-0.1, -0.05) is 12.1 Å². The third kappa shape index (κ3) is 6.88. The van der Waals surface area contributed by atoms with Crippen LogP contribution in [0, 0.1) is 0 Å². The molecule has 22 heteroatoms. The predicted molar refractivity (Wildman–Crippen MR) is 236 cm³/mol. The molecule has 2 aromatic carbocycles. The van der Waals surface area contributed by atoms with Crippen molar-refractivity contribution in [3.63, 3.8) is 0 Å². The highest BCUT2D eigenvalue weighted by Crippen LogP contribution is 2.67. The summed E-state index contributed by atoms with van der Waals surface area (Å²) in [6.45, 7) is -3.81. The van der Waals surface area contributed by atoms with E-state index in [0.29, 0.717) is 71.6 Å². The third-order valence-electron chi connectivity index (χ3n) is 15.9. The normalized spacial score (nSPS) is 30.1. The van der Waals surface area contributed by atoms with Gasteiger partial charge in [0.2, 0.25) is 0 Å². The highest BCUT2D eigenvalue weighted by molar-refractivity contribution is 5.84. The second-order valence-electron chi connectivity index (χ2n) is 19.2. The maximum atomic E-state index is 13.5. The van der Waals surface area contributed by atoms with E-state index in [-0.39, 0.29) is 36.4 Å². The molecule has 4 aliphatic heterocycles. The molecule has 22 nitrogen and oxygen atoms in total. The molecule has 2 amide bonds. The molecule has 0 radical (unpaired) electrons. The van der Waals surface area contributed by atoms with E-state index < -0.39 is 110 Å². The van der Waals surface area contributed by atoms with E-state index in [2.05, 4.69) is 9.80 Å². The van der Waals surface area contributed by atoms with E-state index in [4.69, 9.17) is 37.9 Å². The number of hydrogen-bond acceptors (Lipinski definition) is 18. The maximum absolute atomic E-state index is 13.5. The van der Waals surface area contributed by atoms with Crippen LogP contribution in [0.15, 0.2) is 47.9 Å². The average Bonchev–Trinajstić information content (AvgIpc) is 3.86. The van der Waals surface area contributed by atoms with Crippen LogP contribution in [-0.4, -0.2) is 192 Å². The van der Waals surface area contributed by atoms with Crippen molar-refractivity contribution >= 4 is 36.1 Å². The van der Waals surface area contributed by atoms with Crippen molar-refractivity contribution in [2.45, 2.75) is 84.8 Å². The van der Waals surface area contributed by atoms with Gasteiger partial charge < -0.3 is 68.1 Å². The summed E-state index contributed by atoms with van der Waals surface area (Å²) < 4.78 is 46.2. The Morgan fingerprint density at radius 1 is 0.643 bits per heavy atom. The first-order chi connectivity index (χ1) is 33.4. The number of esters is 2. The quantitative estimate of drug-likeness (QED) is 0.111. The van der Waals surface area contributed by atoms with Crippen molar-refractivity contribution in [3.05, 3.63) is 70.2 Å². The van der Waals surface area contributed by atoms with Gasteiger partial charge in [-0.15, -0.1) is 0 Å². The Morgan fingerprint density at radius 2 is 1.04 bits per heavy atom. The van der Waals surface area contributed by atoms with Crippen molar-refractivity contribution in [2.24, 2.45) is 0 Å². The van der Waals surface area contributed by atoms with Gasteiger partial charge in [0.05, 0.1) is 36.3 Å². The van der Waals surface area contributed by atoms with Crippen LogP contribution < -0.4 is 18.9 Å². The number of benzene rings is 2. The Morgan fingerprint density at radius 3 is 1.41 bits per heavy atom. The lowest BCUT2D eigenvalue weighted by Gasteiger charge is -2.61. The topological polar surface area (TPSA) is 270 Å². The summed E-state index contributed by atoms with van der Waals surface area (Å²) in [6, 6.07) is 6.97. The number of likely N-dealkylation sites (tertiary alicyclic amines) is 2. The molecule has 8 aliphatic rings. The van der Waals surface area contributed by atoms with Crippen molar-refractivity contribution in [2.75, 3.05) is 80.8 Å². The molecule has 4 bridgehead atoms. The van der Waals surface area contributed by atoms with Crippen molar-refractivity contribution in [3.8, 4) is 23.0 Å². The summed E-state index contributed by atoms with van der Waals surface area (Å²) in [4.78, 5) is 82.6. The Hall–Kier alpha value is -6.62. The van der Waals surface area contributed by atoms with E-state index in [1.807, 2.05) is 26.2 Å².